The van der Waals surface area contributed by atoms with Crippen LogP contribution in [-0.2, 0) is 10.0 Å². The molecule has 66 valence electrons. The van der Waals surface area contributed by atoms with E-state index in [9.17, 15) is 12.8 Å². The molecule has 1 aliphatic heterocycles. The number of piperidine rings is 1. The highest BCUT2D eigenvalue weighted by Crippen LogP contribution is 2.15. The van der Waals surface area contributed by atoms with Gasteiger partial charge in [-0.3, -0.25) is 0 Å². The largest absolute Gasteiger partial charge is 0.247 e. The van der Waals surface area contributed by atoms with Gasteiger partial charge in [0.15, 0.2) is 0 Å². The van der Waals surface area contributed by atoms with Crippen molar-refractivity contribution < 1.29 is 12.8 Å². The van der Waals surface area contributed by atoms with Gasteiger partial charge in [-0.2, -0.15) is 0 Å². The number of halogens is 1. The van der Waals surface area contributed by atoms with Gasteiger partial charge in [-0.25, -0.2) is 17.1 Å². The first-order chi connectivity index (χ1) is 5.00. The van der Waals surface area contributed by atoms with Crippen LogP contribution < -0.4 is 0 Å². The molecule has 0 atom stereocenters. The van der Waals surface area contributed by atoms with E-state index in [0.717, 1.165) is 6.26 Å². The molecule has 0 aromatic rings. The summed E-state index contributed by atoms with van der Waals surface area (Å²) in [7, 11) is -3.08. The highest BCUT2D eigenvalue weighted by atomic mass is 32.2. The van der Waals surface area contributed by atoms with E-state index >= 15 is 0 Å². The predicted octanol–water partition coefficient (Wildman–Crippen LogP) is 0.380. The third-order valence-electron chi connectivity index (χ3n) is 1.85. The van der Waals surface area contributed by atoms with Gasteiger partial charge in [0, 0.05) is 13.1 Å². The number of hydrogen-bond donors (Lipinski definition) is 0. The van der Waals surface area contributed by atoms with Gasteiger partial charge in [-0.1, -0.05) is 0 Å². The summed E-state index contributed by atoms with van der Waals surface area (Å²) in [4.78, 5) is 0. The maximum atomic E-state index is 12.5. The normalized spacial score (nSPS) is 23.8. The molecule has 0 spiro atoms. The number of rotatable bonds is 1. The van der Waals surface area contributed by atoms with Crippen molar-refractivity contribution in [1.29, 1.82) is 0 Å². The molecule has 0 N–H and O–H groups in total. The van der Waals surface area contributed by atoms with Crippen molar-refractivity contribution >= 4 is 10.0 Å². The monoisotopic (exact) mass is 181 g/mol. The number of nitrogens with zero attached hydrogens (tertiary/aromatic N) is 1. The fraction of sp³-hybridized carbons (Fsp3) is 1.00. The second kappa shape index (κ2) is 3.06. The highest BCUT2D eigenvalue weighted by Gasteiger charge is 2.23. The molecule has 1 saturated heterocycles. The van der Waals surface area contributed by atoms with Crippen LogP contribution in [-0.4, -0.2) is 38.2 Å². The van der Waals surface area contributed by atoms with E-state index in [1.165, 1.54) is 4.31 Å². The zero-order chi connectivity index (χ0) is 8.48. The summed E-state index contributed by atoms with van der Waals surface area (Å²) < 4.78 is 35.6. The molecule has 1 heterocycles. The summed E-state index contributed by atoms with van der Waals surface area (Å²) >= 11 is 0. The van der Waals surface area contributed by atoms with Crippen molar-refractivity contribution in [3.63, 3.8) is 0 Å². The molecule has 0 amide bonds. The summed E-state index contributed by atoms with van der Waals surface area (Å²) in [6.07, 6.45) is 1.03. The van der Waals surface area contributed by atoms with Gasteiger partial charge in [-0.05, 0) is 12.8 Å². The molecule has 1 aliphatic rings. The average molecular weight is 181 g/mol. The molecular weight excluding hydrogens is 169 g/mol. The highest BCUT2D eigenvalue weighted by molar-refractivity contribution is 7.88. The lowest BCUT2D eigenvalue weighted by atomic mass is 10.1. The first kappa shape index (κ1) is 8.93. The lowest BCUT2D eigenvalue weighted by Gasteiger charge is -2.26. The Balaban J connectivity index is 2.53. The molecule has 1 rings (SSSR count). The second-order valence-electron chi connectivity index (χ2n) is 2.84. The number of alkyl halides is 1. The first-order valence-electron chi connectivity index (χ1n) is 3.59. The maximum Gasteiger partial charge on any atom is 0.211 e. The van der Waals surface area contributed by atoms with Crippen LogP contribution in [0, 0.1) is 0 Å². The number of sulfonamides is 1. The molecule has 0 aromatic carbocycles. The molecule has 0 aromatic heterocycles. The second-order valence-corrected chi connectivity index (χ2v) is 4.82. The Kier molecular flexibility index (Phi) is 2.49. The van der Waals surface area contributed by atoms with Crippen molar-refractivity contribution in [3.8, 4) is 0 Å². The molecule has 1 fully saturated rings. The Morgan fingerprint density at radius 1 is 1.36 bits per heavy atom. The van der Waals surface area contributed by atoms with Crippen LogP contribution >= 0.6 is 0 Å². The van der Waals surface area contributed by atoms with Crippen molar-refractivity contribution in [1.82, 2.24) is 4.31 Å². The lowest BCUT2D eigenvalue weighted by molar-refractivity contribution is 0.211. The summed E-state index contributed by atoms with van der Waals surface area (Å²) in [5, 5.41) is 0. The van der Waals surface area contributed by atoms with Crippen LogP contribution in [0.15, 0.2) is 0 Å². The van der Waals surface area contributed by atoms with E-state index in [2.05, 4.69) is 0 Å². The molecule has 3 nitrogen and oxygen atoms in total. The van der Waals surface area contributed by atoms with Crippen LogP contribution in [0.1, 0.15) is 12.8 Å². The van der Waals surface area contributed by atoms with Crippen LogP contribution in [0.3, 0.4) is 0 Å². The third-order valence-corrected chi connectivity index (χ3v) is 3.16. The number of hydrogen-bond acceptors (Lipinski definition) is 2. The predicted molar refractivity (Wildman–Crippen MR) is 40.5 cm³/mol. The Hall–Kier alpha value is -0.160. The van der Waals surface area contributed by atoms with E-state index in [1.807, 2.05) is 0 Å². The zero-order valence-corrected chi connectivity index (χ0v) is 7.27. The van der Waals surface area contributed by atoms with Crippen molar-refractivity contribution in [2.75, 3.05) is 19.3 Å². The van der Waals surface area contributed by atoms with E-state index in [1.54, 1.807) is 0 Å². The van der Waals surface area contributed by atoms with Gasteiger partial charge in [0.05, 0.1) is 6.26 Å². The summed E-state index contributed by atoms with van der Waals surface area (Å²) in [6, 6.07) is 0. The molecular formula is C6H12FNO2S. The maximum absolute atomic E-state index is 12.5. The summed E-state index contributed by atoms with van der Waals surface area (Å²) in [5.74, 6) is 0. The Bertz CT molecular complexity index is 219. The van der Waals surface area contributed by atoms with Crippen LogP contribution in [0.4, 0.5) is 4.39 Å². The van der Waals surface area contributed by atoms with Crippen molar-refractivity contribution in [2.45, 2.75) is 19.0 Å². The van der Waals surface area contributed by atoms with Gasteiger partial charge in [0.25, 0.3) is 0 Å². The molecule has 0 radical (unpaired) electrons. The van der Waals surface area contributed by atoms with Gasteiger partial charge in [0.1, 0.15) is 6.17 Å². The lowest BCUT2D eigenvalue weighted by Crippen LogP contribution is -2.38. The SMILES string of the molecule is CS(=O)(=O)N1CCC(F)CC1. The summed E-state index contributed by atoms with van der Waals surface area (Å²) in [6.45, 7) is 0.667. The van der Waals surface area contributed by atoms with E-state index in [4.69, 9.17) is 0 Å². The molecule has 0 aliphatic carbocycles. The van der Waals surface area contributed by atoms with Gasteiger partial charge < -0.3 is 0 Å². The summed E-state index contributed by atoms with van der Waals surface area (Å²) in [5.41, 5.74) is 0. The van der Waals surface area contributed by atoms with Gasteiger partial charge in [0.2, 0.25) is 10.0 Å². The third kappa shape index (κ3) is 2.41. The van der Waals surface area contributed by atoms with E-state index in [0.29, 0.717) is 25.9 Å². The molecule has 0 unspecified atom stereocenters. The minimum atomic E-state index is -3.08. The van der Waals surface area contributed by atoms with E-state index < -0.39 is 16.2 Å². The average Bonchev–Trinajstić information content (AvgIpc) is 1.86. The van der Waals surface area contributed by atoms with Gasteiger partial charge in [-0.15, -0.1) is 0 Å². The van der Waals surface area contributed by atoms with Crippen molar-refractivity contribution in [3.05, 3.63) is 0 Å². The Labute approximate surface area is 66.2 Å². The zero-order valence-electron chi connectivity index (χ0n) is 6.46. The van der Waals surface area contributed by atoms with Crippen molar-refractivity contribution in [2.24, 2.45) is 0 Å². The quantitative estimate of drug-likeness (QED) is 0.586. The topological polar surface area (TPSA) is 37.4 Å². The fourth-order valence-corrected chi connectivity index (χ4v) is 2.03. The van der Waals surface area contributed by atoms with Crippen LogP contribution in [0.25, 0.3) is 0 Å². The van der Waals surface area contributed by atoms with Gasteiger partial charge >= 0.3 is 0 Å². The first-order valence-corrected chi connectivity index (χ1v) is 5.44. The molecule has 0 saturated carbocycles. The smallest absolute Gasteiger partial charge is 0.211 e. The standard InChI is InChI=1S/C6H12FNO2S/c1-11(9,10)8-4-2-6(7)3-5-8/h6H,2-5H2,1H3. The fourth-order valence-electron chi connectivity index (χ4n) is 1.16. The van der Waals surface area contributed by atoms with Crippen LogP contribution in [0.5, 0.6) is 0 Å². The minimum absolute atomic E-state index is 0.333. The van der Waals surface area contributed by atoms with E-state index in [-0.39, 0.29) is 0 Å². The molecule has 0 bridgehead atoms. The van der Waals surface area contributed by atoms with Crippen LogP contribution in [0.2, 0.25) is 0 Å². The molecule has 11 heavy (non-hydrogen) atoms. The molecule has 5 heteroatoms. The minimum Gasteiger partial charge on any atom is -0.247 e. The Morgan fingerprint density at radius 2 is 1.82 bits per heavy atom. The Morgan fingerprint density at radius 3 is 2.18 bits per heavy atom.